The standard InChI is InChI=1S/C21H21ClF3N3O5S/c1-34(31,32)28(13-19(29)26-18-12-15(21(23,24)25)4-7-17(18)22)16-5-2-14(3-6-16)20(30)27-8-10-33-11-9-27/h2-7,12H,8-11,13H2,1H3,(H,26,29). The molecular weight excluding hydrogens is 499 g/mol. The van der Waals surface area contributed by atoms with Crippen molar-refractivity contribution in [2.75, 3.05) is 48.7 Å². The third-order valence-electron chi connectivity index (χ3n) is 4.96. The van der Waals surface area contributed by atoms with E-state index in [4.69, 9.17) is 16.3 Å². The number of anilines is 2. The van der Waals surface area contributed by atoms with Crippen molar-refractivity contribution in [3.05, 3.63) is 58.6 Å². The first-order chi connectivity index (χ1) is 15.9. The van der Waals surface area contributed by atoms with Gasteiger partial charge in [0.2, 0.25) is 15.9 Å². The lowest BCUT2D eigenvalue weighted by atomic mass is 10.1. The second-order valence-electron chi connectivity index (χ2n) is 7.46. The Morgan fingerprint density at radius 2 is 1.74 bits per heavy atom. The maximum absolute atomic E-state index is 13.0. The number of carbonyl (C=O) groups is 2. The number of carbonyl (C=O) groups excluding carboxylic acids is 2. The van der Waals surface area contributed by atoms with Gasteiger partial charge in [0.1, 0.15) is 6.54 Å². The van der Waals surface area contributed by atoms with Gasteiger partial charge in [0.25, 0.3) is 5.91 Å². The Balaban J connectivity index is 1.77. The molecule has 1 aliphatic rings. The van der Waals surface area contributed by atoms with Crippen molar-refractivity contribution in [3.8, 4) is 0 Å². The molecule has 34 heavy (non-hydrogen) atoms. The van der Waals surface area contributed by atoms with Gasteiger partial charge in [-0.15, -0.1) is 0 Å². The van der Waals surface area contributed by atoms with Crippen LogP contribution >= 0.6 is 11.6 Å². The van der Waals surface area contributed by atoms with Crippen molar-refractivity contribution in [2.24, 2.45) is 0 Å². The topological polar surface area (TPSA) is 96.0 Å². The maximum atomic E-state index is 13.0. The van der Waals surface area contributed by atoms with Crippen LogP contribution in [0.5, 0.6) is 0 Å². The number of halogens is 4. The number of hydrogen-bond acceptors (Lipinski definition) is 5. The number of ether oxygens (including phenoxy) is 1. The van der Waals surface area contributed by atoms with Crippen LogP contribution in [-0.4, -0.2) is 64.2 Å². The molecule has 1 saturated heterocycles. The summed E-state index contributed by atoms with van der Waals surface area (Å²) in [6.07, 6.45) is -3.77. The van der Waals surface area contributed by atoms with Crippen LogP contribution in [0.3, 0.4) is 0 Å². The molecule has 1 N–H and O–H groups in total. The van der Waals surface area contributed by atoms with Gasteiger partial charge in [-0.2, -0.15) is 13.2 Å². The van der Waals surface area contributed by atoms with Crippen LogP contribution in [0.4, 0.5) is 24.5 Å². The Labute approximate surface area is 199 Å². The Kier molecular flexibility index (Phi) is 7.74. The van der Waals surface area contributed by atoms with Gasteiger partial charge in [0.15, 0.2) is 0 Å². The summed E-state index contributed by atoms with van der Waals surface area (Å²) >= 11 is 5.89. The van der Waals surface area contributed by atoms with E-state index < -0.39 is 34.2 Å². The Hall–Kier alpha value is -2.83. The number of alkyl halides is 3. The van der Waals surface area contributed by atoms with Gasteiger partial charge < -0.3 is 15.0 Å². The number of morpholine rings is 1. The van der Waals surface area contributed by atoms with Crippen LogP contribution in [0.15, 0.2) is 42.5 Å². The number of benzene rings is 2. The van der Waals surface area contributed by atoms with Gasteiger partial charge in [-0.25, -0.2) is 8.42 Å². The molecule has 0 aliphatic carbocycles. The van der Waals surface area contributed by atoms with Crippen molar-refractivity contribution in [3.63, 3.8) is 0 Å². The summed E-state index contributed by atoms with van der Waals surface area (Å²) in [5, 5.41) is 2.08. The van der Waals surface area contributed by atoms with E-state index in [0.29, 0.717) is 37.9 Å². The largest absolute Gasteiger partial charge is 0.416 e. The Morgan fingerprint density at radius 3 is 2.29 bits per heavy atom. The fourth-order valence-corrected chi connectivity index (χ4v) is 4.26. The molecule has 0 radical (unpaired) electrons. The van der Waals surface area contributed by atoms with Gasteiger partial charge in [-0.3, -0.25) is 13.9 Å². The highest BCUT2D eigenvalue weighted by Crippen LogP contribution is 2.34. The van der Waals surface area contributed by atoms with Crippen molar-refractivity contribution in [1.29, 1.82) is 0 Å². The first-order valence-corrected chi connectivity index (χ1v) is 12.2. The van der Waals surface area contributed by atoms with E-state index in [-0.39, 0.29) is 22.3 Å². The fraction of sp³-hybridized carbons (Fsp3) is 0.333. The van der Waals surface area contributed by atoms with Crippen molar-refractivity contribution >= 4 is 44.8 Å². The Morgan fingerprint density at radius 1 is 1.12 bits per heavy atom. The summed E-state index contributed by atoms with van der Waals surface area (Å²) in [4.78, 5) is 26.7. The second-order valence-corrected chi connectivity index (χ2v) is 9.78. The predicted molar refractivity (Wildman–Crippen MR) is 120 cm³/mol. The highest BCUT2D eigenvalue weighted by molar-refractivity contribution is 7.92. The molecule has 1 aliphatic heterocycles. The summed E-state index contributed by atoms with van der Waals surface area (Å²) < 4.78 is 69.5. The van der Waals surface area contributed by atoms with Crippen LogP contribution < -0.4 is 9.62 Å². The van der Waals surface area contributed by atoms with Gasteiger partial charge in [0.05, 0.1) is 41.4 Å². The third kappa shape index (κ3) is 6.39. The van der Waals surface area contributed by atoms with Gasteiger partial charge >= 0.3 is 6.18 Å². The molecule has 1 heterocycles. The molecule has 3 rings (SSSR count). The van der Waals surface area contributed by atoms with Crippen molar-refractivity contribution in [2.45, 2.75) is 6.18 Å². The van der Waals surface area contributed by atoms with E-state index in [1.807, 2.05) is 0 Å². The average Bonchev–Trinajstić information content (AvgIpc) is 2.78. The smallest absolute Gasteiger partial charge is 0.378 e. The lowest BCUT2D eigenvalue weighted by Gasteiger charge is -2.27. The van der Waals surface area contributed by atoms with E-state index in [1.54, 1.807) is 4.90 Å². The summed E-state index contributed by atoms with van der Waals surface area (Å²) in [7, 11) is -3.95. The first-order valence-electron chi connectivity index (χ1n) is 9.97. The highest BCUT2D eigenvalue weighted by atomic mass is 35.5. The van der Waals surface area contributed by atoms with Gasteiger partial charge in [0, 0.05) is 18.7 Å². The zero-order chi connectivity index (χ0) is 25.1. The Bertz CT molecular complexity index is 1170. The van der Waals surface area contributed by atoms with Gasteiger partial charge in [-0.05, 0) is 42.5 Å². The normalized spacial score (nSPS) is 14.6. The molecule has 0 spiro atoms. The van der Waals surface area contributed by atoms with Gasteiger partial charge in [-0.1, -0.05) is 11.6 Å². The van der Waals surface area contributed by atoms with Crippen LogP contribution in [0.2, 0.25) is 5.02 Å². The monoisotopic (exact) mass is 519 g/mol. The van der Waals surface area contributed by atoms with Crippen molar-refractivity contribution < 1.29 is 35.9 Å². The highest BCUT2D eigenvalue weighted by Gasteiger charge is 2.31. The number of rotatable bonds is 6. The lowest BCUT2D eigenvalue weighted by molar-refractivity contribution is -0.137. The number of amides is 2. The molecule has 8 nitrogen and oxygen atoms in total. The summed E-state index contributed by atoms with van der Waals surface area (Å²) in [5.74, 6) is -1.14. The average molecular weight is 520 g/mol. The maximum Gasteiger partial charge on any atom is 0.416 e. The van der Waals surface area contributed by atoms with Crippen LogP contribution in [0.1, 0.15) is 15.9 Å². The molecule has 2 aromatic carbocycles. The van der Waals surface area contributed by atoms with Crippen molar-refractivity contribution in [1.82, 2.24) is 4.90 Å². The van der Waals surface area contributed by atoms with E-state index in [2.05, 4.69) is 5.32 Å². The molecule has 0 aromatic heterocycles. The van der Waals surface area contributed by atoms with Crippen LogP contribution in [0, 0.1) is 0 Å². The molecule has 2 aromatic rings. The van der Waals surface area contributed by atoms with E-state index in [1.165, 1.54) is 24.3 Å². The number of hydrogen-bond donors (Lipinski definition) is 1. The molecule has 0 atom stereocenters. The lowest BCUT2D eigenvalue weighted by Crippen LogP contribution is -2.40. The quantitative estimate of drug-likeness (QED) is 0.632. The molecule has 184 valence electrons. The fourth-order valence-electron chi connectivity index (χ4n) is 3.24. The number of nitrogens with zero attached hydrogens (tertiary/aromatic N) is 2. The van der Waals surface area contributed by atoms with Crippen LogP contribution in [-0.2, 0) is 25.7 Å². The van der Waals surface area contributed by atoms with E-state index >= 15 is 0 Å². The summed E-state index contributed by atoms with van der Waals surface area (Å²) in [6, 6.07) is 8.04. The van der Waals surface area contributed by atoms with E-state index in [0.717, 1.165) is 22.7 Å². The molecule has 1 fully saturated rings. The summed E-state index contributed by atoms with van der Waals surface area (Å²) in [6.45, 7) is 1.01. The molecule has 0 saturated carbocycles. The molecule has 13 heteroatoms. The first kappa shape index (κ1) is 25.8. The molecule has 2 amide bonds. The minimum Gasteiger partial charge on any atom is -0.378 e. The zero-order valence-electron chi connectivity index (χ0n) is 17.9. The minimum atomic E-state index is -4.65. The molecule has 0 unspecified atom stereocenters. The van der Waals surface area contributed by atoms with Crippen LogP contribution in [0.25, 0.3) is 0 Å². The SMILES string of the molecule is CS(=O)(=O)N(CC(=O)Nc1cc(C(F)(F)F)ccc1Cl)c1ccc(C(=O)N2CCOCC2)cc1. The summed E-state index contributed by atoms with van der Waals surface area (Å²) in [5.41, 5.74) is -0.889. The number of sulfonamides is 1. The third-order valence-corrected chi connectivity index (χ3v) is 6.43. The molecular formula is C21H21ClF3N3O5S. The second kappa shape index (κ2) is 10.2. The number of nitrogens with one attached hydrogen (secondary N) is 1. The molecule has 0 bridgehead atoms. The van der Waals surface area contributed by atoms with E-state index in [9.17, 15) is 31.2 Å². The predicted octanol–water partition coefficient (Wildman–Crippen LogP) is 3.24. The minimum absolute atomic E-state index is 0.103. The zero-order valence-corrected chi connectivity index (χ0v) is 19.5.